The molecule has 73 heavy (non-hydrogen) atoms. The standard InChI is InChI=1S/C52H42O14S7/c1-33-3-4-34(29-49(33)70-65-63-53)27-37-7-26-48(52(32-37)73(58,59)60)69-45-18-10-39(11-19-45)38-8-16-44(17-9-38)68-47-25-6-35(30-50(47)71-66-64-54)28-36-5-24-46(51(31-36)72(55,56)57)62-41-14-22-43(23-15-41)67-42-20-12-40(61-2)13-21-42/h3-26,29-32,53-54H,27-28H2,1-2H3,(H,55,56,57)(H,58,59,60). The minimum absolute atomic E-state index is 0.0374. The number of hydrogen-bond donors (Lipinski definition) is 4. The zero-order valence-electron chi connectivity index (χ0n) is 38.3. The highest BCUT2D eigenvalue weighted by atomic mass is 32.2. The number of rotatable bonds is 22. The molecule has 0 spiro atoms. The van der Waals surface area contributed by atoms with Crippen molar-refractivity contribution < 1.29 is 64.7 Å². The molecule has 0 atom stereocenters. The summed E-state index contributed by atoms with van der Waals surface area (Å²) < 4.78 is 91.4. The molecule has 0 heterocycles. The van der Waals surface area contributed by atoms with Crippen molar-refractivity contribution >= 4 is 79.6 Å². The molecule has 0 bridgehead atoms. The van der Waals surface area contributed by atoms with Crippen LogP contribution >= 0.6 is 59.4 Å². The molecule has 0 amide bonds. The van der Waals surface area contributed by atoms with Crippen molar-refractivity contribution in [3.8, 4) is 28.4 Å². The van der Waals surface area contributed by atoms with Gasteiger partial charge in [0.2, 0.25) is 0 Å². The summed E-state index contributed by atoms with van der Waals surface area (Å²) in [4.78, 5) is 5.45. The first-order chi connectivity index (χ1) is 35.1. The van der Waals surface area contributed by atoms with Crippen molar-refractivity contribution in [2.75, 3.05) is 7.11 Å². The van der Waals surface area contributed by atoms with Crippen LogP contribution in [0.3, 0.4) is 0 Å². The van der Waals surface area contributed by atoms with Crippen LogP contribution in [-0.2, 0) is 51.8 Å². The maximum atomic E-state index is 12.6. The van der Waals surface area contributed by atoms with Crippen molar-refractivity contribution in [2.45, 2.75) is 68.7 Å². The van der Waals surface area contributed by atoms with Gasteiger partial charge in [-0.2, -0.15) is 16.8 Å². The van der Waals surface area contributed by atoms with E-state index in [0.29, 0.717) is 38.0 Å². The average molecular weight is 1120 g/mol. The van der Waals surface area contributed by atoms with Crippen LogP contribution in [0.1, 0.15) is 27.8 Å². The normalized spacial score (nSPS) is 11.7. The summed E-state index contributed by atoms with van der Waals surface area (Å²) in [7, 11) is -7.64. The van der Waals surface area contributed by atoms with Crippen molar-refractivity contribution in [2.24, 2.45) is 0 Å². The summed E-state index contributed by atoms with van der Waals surface area (Å²) in [5.74, 6) is 1.10. The highest BCUT2D eigenvalue weighted by Gasteiger charge is 2.21. The Kier molecular flexibility index (Phi) is 18.3. The predicted molar refractivity (Wildman–Crippen MR) is 281 cm³/mol. The lowest BCUT2D eigenvalue weighted by molar-refractivity contribution is -0.432. The Hall–Kier alpha value is -5.31. The Morgan fingerprint density at radius 1 is 0.438 bits per heavy atom. The van der Waals surface area contributed by atoms with Crippen molar-refractivity contribution in [3.63, 3.8) is 0 Å². The van der Waals surface area contributed by atoms with Crippen molar-refractivity contribution in [1.82, 2.24) is 0 Å². The molecule has 0 aliphatic rings. The summed E-state index contributed by atoms with van der Waals surface area (Å²) >= 11 is 5.82. The lowest BCUT2D eigenvalue weighted by Gasteiger charge is -2.13. The fraction of sp³-hybridized carbons (Fsp3) is 0.0769. The molecule has 376 valence electrons. The SMILES string of the molecule is COc1ccc(Sc2ccc(Oc3ccc(Cc4ccc(Sc5ccc(-c6ccc(Sc7ccc(Cc8ccc(C)c(SOOO)c8)cc7S(=O)(=O)O)cc6)cc5)c(SOOO)c4)cc3S(=O)(=O)O)cc2)cc1. The molecule has 0 fully saturated rings. The van der Waals surface area contributed by atoms with Crippen LogP contribution in [0.5, 0.6) is 17.2 Å². The fourth-order valence-corrected chi connectivity index (χ4v) is 12.7. The quantitative estimate of drug-likeness (QED) is 0.0216. The van der Waals surface area contributed by atoms with Gasteiger partial charge < -0.3 is 9.47 Å². The van der Waals surface area contributed by atoms with E-state index in [1.165, 1.54) is 53.5 Å². The lowest BCUT2D eigenvalue weighted by atomic mass is 10.0. The van der Waals surface area contributed by atoms with Crippen LogP contribution in [0.4, 0.5) is 0 Å². The number of hydrogen-bond acceptors (Lipinski definition) is 17. The molecule has 21 heteroatoms. The van der Waals surface area contributed by atoms with Gasteiger partial charge in [0.15, 0.2) is 0 Å². The lowest BCUT2D eigenvalue weighted by Crippen LogP contribution is -2.03. The third-order valence-electron chi connectivity index (χ3n) is 10.8. The van der Waals surface area contributed by atoms with Gasteiger partial charge in [0.05, 0.1) is 36.1 Å². The predicted octanol–water partition coefficient (Wildman–Crippen LogP) is 14.4. The molecule has 0 saturated heterocycles. The highest BCUT2D eigenvalue weighted by Crippen LogP contribution is 2.40. The number of methoxy groups -OCH3 is 1. The Morgan fingerprint density at radius 3 is 1.40 bits per heavy atom. The molecule has 0 unspecified atom stereocenters. The van der Waals surface area contributed by atoms with Crippen molar-refractivity contribution in [3.05, 3.63) is 198 Å². The van der Waals surface area contributed by atoms with Gasteiger partial charge in [0.25, 0.3) is 20.2 Å². The molecule has 14 nitrogen and oxygen atoms in total. The minimum atomic E-state index is -4.69. The van der Waals surface area contributed by atoms with Gasteiger partial charge in [-0.15, -0.1) is 8.67 Å². The zero-order valence-corrected chi connectivity index (χ0v) is 44.0. The Bertz CT molecular complexity index is 3420. The molecule has 8 aromatic carbocycles. The molecular formula is C52H42O14S7. The Labute approximate surface area is 443 Å². The van der Waals surface area contributed by atoms with E-state index in [9.17, 15) is 25.9 Å². The second kappa shape index (κ2) is 24.8. The summed E-state index contributed by atoms with van der Waals surface area (Å²) in [6.45, 7) is 1.87. The average Bonchev–Trinajstić information content (AvgIpc) is 3.38. The molecule has 0 aromatic heterocycles. The van der Waals surface area contributed by atoms with Crippen LogP contribution in [0.15, 0.2) is 219 Å². The van der Waals surface area contributed by atoms with Crippen LogP contribution < -0.4 is 9.47 Å². The first kappa shape index (κ1) is 54.0. The van der Waals surface area contributed by atoms with Crippen LogP contribution in [0.25, 0.3) is 11.1 Å². The highest BCUT2D eigenvalue weighted by molar-refractivity contribution is 8.01. The molecule has 8 aromatic rings. The summed E-state index contributed by atoms with van der Waals surface area (Å²) in [6.07, 6.45) is 0.643. The zero-order chi connectivity index (χ0) is 51.5. The molecule has 8 rings (SSSR count). The van der Waals surface area contributed by atoms with Gasteiger partial charge in [-0.05, 0) is 174 Å². The van der Waals surface area contributed by atoms with Gasteiger partial charge in [-0.25, -0.2) is 10.5 Å². The molecule has 0 aliphatic heterocycles. The Morgan fingerprint density at radius 2 is 0.863 bits per heavy atom. The second-order valence-corrected chi connectivity index (χ2v) is 23.4. The molecule has 4 N–H and O–H groups in total. The maximum Gasteiger partial charge on any atom is 0.298 e. The second-order valence-electron chi connectivity index (χ2n) is 15.8. The number of aryl methyl sites for hydroxylation is 1. The van der Waals surface area contributed by atoms with Gasteiger partial charge in [0.1, 0.15) is 27.0 Å². The first-order valence-electron chi connectivity index (χ1n) is 21.5. The van der Waals surface area contributed by atoms with Crippen LogP contribution in [0.2, 0.25) is 0 Å². The minimum Gasteiger partial charge on any atom is -0.497 e. The van der Waals surface area contributed by atoms with Crippen LogP contribution in [-0.4, -0.2) is 43.6 Å². The van der Waals surface area contributed by atoms with E-state index in [0.717, 1.165) is 82.1 Å². The topological polar surface area (TPSA) is 205 Å². The number of ether oxygens (including phenoxy) is 2. The fourth-order valence-electron chi connectivity index (χ4n) is 7.30. The summed E-state index contributed by atoms with van der Waals surface area (Å²) in [5.41, 5.74) is 5.60. The smallest absolute Gasteiger partial charge is 0.298 e. The molecule has 0 aliphatic carbocycles. The van der Waals surface area contributed by atoms with Crippen LogP contribution in [0, 0.1) is 6.92 Å². The first-order valence-corrected chi connectivity index (χ1v) is 28.3. The molecule has 0 radical (unpaired) electrons. The summed E-state index contributed by atoms with van der Waals surface area (Å²) in [6, 6.07) is 50.9. The third-order valence-corrected chi connectivity index (χ3v) is 17.4. The van der Waals surface area contributed by atoms with Gasteiger partial charge in [-0.1, -0.05) is 100.0 Å². The van der Waals surface area contributed by atoms with E-state index >= 15 is 0 Å². The van der Waals surface area contributed by atoms with E-state index in [-0.39, 0.29) is 22.0 Å². The van der Waals surface area contributed by atoms with E-state index in [1.54, 1.807) is 31.4 Å². The van der Waals surface area contributed by atoms with E-state index in [4.69, 9.17) is 24.3 Å². The number of benzene rings is 8. The van der Waals surface area contributed by atoms with Crippen molar-refractivity contribution in [1.29, 1.82) is 0 Å². The molecule has 0 saturated carbocycles. The van der Waals surface area contributed by atoms with Gasteiger partial charge >= 0.3 is 0 Å². The summed E-state index contributed by atoms with van der Waals surface area (Å²) in [5, 5.41) is 25.2. The van der Waals surface area contributed by atoms with E-state index in [2.05, 4.69) is 14.4 Å². The van der Waals surface area contributed by atoms with Gasteiger partial charge in [-0.3, -0.25) is 9.11 Å². The molecular weight excluding hydrogens is 1070 g/mol. The third kappa shape index (κ3) is 14.9. The van der Waals surface area contributed by atoms with Gasteiger partial charge in [0, 0.05) is 34.3 Å². The van der Waals surface area contributed by atoms with E-state index in [1.807, 2.05) is 134 Å². The maximum absolute atomic E-state index is 12.6. The Balaban J connectivity index is 0.912. The van der Waals surface area contributed by atoms with E-state index < -0.39 is 20.2 Å². The largest absolute Gasteiger partial charge is 0.497 e. The monoisotopic (exact) mass is 1110 g/mol.